The summed E-state index contributed by atoms with van der Waals surface area (Å²) in [5.74, 6) is 0.340. The minimum atomic E-state index is -0.408. The van der Waals surface area contributed by atoms with Crippen molar-refractivity contribution in [1.29, 1.82) is 0 Å². The highest BCUT2D eigenvalue weighted by Crippen LogP contribution is 2.26. The van der Waals surface area contributed by atoms with Crippen molar-refractivity contribution in [3.8, 4) is 11.5 Å². The minimum absolute atomic E-state index is 0.190. The number of carbonyl (C=O) groups excluding carboxylic acids is 1. The average Bonchev–Trinajstić information content (AvgIpc) is 2.56. The quantitative estimate of drug-likeness (QED) is 0.631. The number of nitrogens with zero attached hydrogens (tertiary/aromatic N) is 1. The fourth-order valence-corrected chi connectivity index (χ4v) is 1.75. The molecular formula is C17H17FN2O3. The van der Waals surface area contributed by atoms with Gasteiger partial charge in [0.2, 0.25) is 0 Å². The van der Waals surface area contributed by atoms with E-state index in [0.717, 1.165) is 0 Å². The summed E-state index contributed by atoms with van der Waals surface area (Å²) in [6.45, 7) is 2.19. The summed E-state index contributed by atoms with van der Waals surface area (Å²) in [5, 5.41) is 3.78. The standard InChI is InChI=1S/C17H17FN2O3/c1-2-22-15-5-3-4-6-16(15)23-12-17(21)20-19-11-13-7-9-14(18)10-8-13/h3-11H,2,12H2,1H3,(H,20,21). The van der Waals surface area contributed by atoms with E-state index in [1.807, 2.05) is 13.0 Å². The van der Waals surface area contributed by atoms with Crippen LogP contribution < -0.4 is 14.9 Å². The van der Waals surface area contributed by atoms with Crippen LogP contribution in [0.3, 0.4) is 0 Å². The Kier molecular flexibility index (Phi) is 6.11. The number of carbonyl (C=O) groups is 1. The van der Waals surface area contributed by atoms with E-state index in [4.69, 9.17) is 9.47 Å². The van der Waals surface area contributed by atoms with Gasteiger partial charge < -0.3 is 9.47 Å². The molecule has 2 aromatic rings. The number of hydrazone groups is 1. The summed E-state index contributed by atoms with van der Waals surface area (Å²) in [4.78, 5) is 11.7. The molecule has 1 N–H and O–H groups in total. The van der Waals surface area contributed by atoms with Crippen LogP contribution in [0.15, 0.2) is 53.6 Å². The number of nitrogens with one attached hydrogen (secondary N) is 1. The van der Waals surface area contributed by atoms with Gasteiger partial charge in [0.25, 0.3) is 5.91 Å². The summed E-state index contributed by atoms with van der Waals surface area (Å²) < 4.78 is 23.6. The van der Waals surface area contributed by atoms with Gasteiger partial charge in [-0.05, 0) is 36.8 Å². The number of rotatable bonds is 7. The molecule has 0 aliphatic heterocycles. The first-order chi connectivity index (χ1) is 11.2. The van der Waals surface area contributed by atoms with Gasteiger partial charge in [-0.1, -0.05) is 24.3 Å². The van der Waals surface area contributed by atoms with E-state index >= 15 is 0 Å². The first kappa shape index (κ1) is 16.5. The largest absolute Gasteiger partial charge is 0.490 e. The molecule has 0 fully saturated rings. The molecule has 0 atom stereocenters. The van der Waals surface area contributed by atoms with E-state index in [-0.39, 0.29) is 12.4 Å². The molecule has 0 aliphatic rings. The number of para-hydroxylation sites is 2. The van der Waals surface area contributed by atoms with Crippen LogP contribution in [0.2, 0.25) is 0 Å². The van der Waals surface area contributed by atoms with Gasteiger partial charge in [-0.2, -0.15) is 5.10 Å². The summed E-state index contributed by atoms with van der Waals surface area (Å²) in [6, 6.07) is 12.9. The van der Waals surface area contributed by atoms with E-state index in [0.29, 0.717) is 23.7 Å². The first-order valence-electron chi connectivity index (χ1n) is 7.11. The van der Waals surface area contributed by atoms with Gasteiger partial charge in [0.05, 0.1) is 12.8 Å². The topological polar surface area (TPSA) is 59.9 Å². The third-order valence-electron chi connectivity index (χ3n) is 2.78. The van der Waals surface area contributed by atoms with Crippen LogP contribution in [0.4, 0.5) is 4.39 Å². The van der Waals surface area contributed by atoms with Gasteiger partial charge in [0.15, 0.2) is 18.1 Å². The molecule has 6 heteroatoms. The maximum absolute atomic E-state index is 12.7. The predicted octanol–water partition coefficient (Wildman–Crippen LogP) is 2.75. The highest BCUT2D eigenvalue weighted by Gasteiger charge is 2.06. The van der Waals surface area contributed by atoms with E-state index in [2.05, 4.69) is 10.5 Å². The summed E-state index contributed by atoms with van der Waals surface area (Å²) in [6.07, 6.45) is 1.42. The number of hydrogen-bond donors (Lipinski definition) is 1. The molecule has 2 rings (SSSR count). The number of ether oxygens (including phenoxy) is 2. The zero-order valence-corrected chi connectivity index (χ0v) is 12.7. The van der Waals surface area contributed by atoms with Crippen molar-refractivity contribution in [3.63, 3.8) is 0 Å². The van der Waals surface area contributed by atoms with Crippen LogP contribution in [-0.2, 0) is 4.79 Å². The van der Waals surface area contributed by atoms with Gasteiger partial charge >= 0.3 is 0 Å². The fourth-order valence-electron chi connectivity index (χ4n) is 1.75. The molecule has 0 saturated heterocycles. The highest BCUT2D eigenvalue weighted by molar-refractivity contribution is 5.82. The Morgan fingerprint density at radius 2 is 1.78 bits per heavy atom. The number of benzene rings is 2. The molecule has 0 aromatic heterocycles. The highest BCUT2D eigenvalue weighted by atomic mass is 19.1. The van der Waals surface area contributed by atoms with Gasteiger partial charge in [-0.25, -0.2) is 9.82 Å². The Morgan fingerprint density at radius 3 is 2.43 bits per heavy atom. The number of amides is 1. The average molecular weight is 316 g/mol. The number of halogens is 1. The Balaban J connectivity index is 1.82. The lowest BCUT2D eigenvalue weighted by Gasteiger charge is -2.10. The first-order valence-corrected chi connectivity index (χ1v) is 7.11. The second kappa shape index (κ2) is 8.53. The van der Waals surface area contributed by atoms with Gasteiger partial charge in [0, 0.05) is 0 Å². The second-order valence-electron chi connectivity index (χ2n) is 4.51. The molecule has 0 spiro atoms. The van der Waals surface area contributed by atoms with Crippen molar-refractivity contribution < 1.29 is 18.7 Å². The molecule has 0 radical (unpaired) electrons. The summed E-state index contributed by atoms with van der Waals surface area (Å²) in [7, 11) is 0. The Labute approximate surface area is 133 Å². The number of hydrogen-bond acceptors (Lipinski definition) is 4. The Hall–Kier alpha value is -2.89. The van der Waals surface area contributed by atoms with Crippen molar-refractivity contribution in [1.82, 2.24) is 5.43 Å². The van der Waals surface area contributed by atoms with Crippen LogP contribution in [0.25, 0.3) is 0 Å². The van der Waals surface area contributed by atoms with E-state index in [9.17, 15) is 9.18 Å². The van der Waals surface area contributed by atoms with Crippen LogP contribution in [0.1, 0.15) is 12.5 Å². The van der Waals surface area contributed by atoms with E-state index < -0.39 is 5.91 Å². The zero-order chi connectivity index (χ0) is 16.5. The third kappa shape index (κ3) is 5.43. The van der Waals surface area contributed by atoms with Crippen LogP contribution in [-0.4, -0.2) is 25.3 Å². The van der Waals surface area contributed by atoms with E-state index in [1.54, 1.807) is 30.3 Å². The monoisotopic (exact) mass is 316 g/mol. The van der Waals surface area contributed by atoms with Gasteiger partial charge in [0.1, 0.15) is 5.82 Å². The molecule has 1 amide bonds. The maximum Gasteiger partial charge on any atom is 0.277 e. The zero-order valence-electron chi connectivity index (χ0n) is 12.7. The second-order valence-corrected chi connectivity index (χ2v) is 4.51. The molecule has 0 saturated carbocycles. The minimum Gasteiger partial charge on any atom is -0.490 e. The van der Waals surface area contributed by atoms with E-state index in [1.165, 1.54) is 18.3 Å². The normalized spacial score (nSPS) is 10.5. The summed E-state index contributed by atoms with van der Waals surface area (Å²) in [5.41, 5.74) is 3.01. The smallest absolute Gasteiger partial charge is 0.277 e. The predicted molar refractivity (Wildman–Crippen MR) is 85.2 cm³/mol. The Morgan fingerprint density at radius 1 is 1.13 bits per heavy atom. The molecule has 23 heavy (non-hydrogen) atoms. The van der Waals surface area contributed by atoms with Crippen molar-refractivity contribution in [3.05, 3.63) is 59.9 Å². The lowest BCUT2D eigenvalue weighted by atomic mass is 10.2. The van der Waals surface area contributed by atoms with Crippen LogP contribution >= 0.6 is 0 Å². The molecular weight excluding hydrogens is 299 g/mol. The van der Waals surface area contributed by atoms with Crippen molar-refractivity contribution in [2.75, 3.05) is 13.2 Å². The summed E-state index contributed by atoms with van der Waals surface area (Å²) >= 11 is 0. The third-order valence-corrected chi connectivity index (χ3v) is 2.78. The van der Waals surface area contributed by atoms with Crippen molar-refractivity contribution >= 4 is 12.1 Å². The molecule has 0 aliphatic carbocycles. The molecule has 0 unspecified atom stereocenters. The molecule has 0 heterocycles. The molecule has 5 nitrogen and oxygen atoms in total. The lowest BCUT2D eigenvalue weighted by molar-refractivity contribution is -0.123. The van der Waals surface area contributed by atoms with Crippen molar-refractivity contribution in [2.24, 2.45) is 5.10 Å². The molecule has 2 aromatic carbocycles. The van der Waals surface area contributed by atoms with Gasteiger partial charge in [-0.15, -0.1) is 0 Å². The maximum atomic E-state index is 12.7. The van der Waals surface area contributed by atoms with Crippen molar-refractivity contribution in [2.45, 2.75) is 6.92 Å². The molecule has 0 bridgehead atoms. The SMILES string of the molecule is CCOc1ccccc1OCC(=O)NN=Cc1ccc(F)cc1. The van der Waals surface area contributed by atoms with Gasteiger partial charge in [-0.3, -0.25) is 4.79 Å². The lowest BCUT2D eigenvalue weighted by Crippen LogP contribution is -2.24. The Bertz CT molecular complexity index is 672. The van der Waals surface area contributed by atoms with Crippen LogP contribution in [0, 0.1) is 5.82 Å². The molecule has 120 valence electrons. The fraction of sp³-hybridized carbons (Fsp3) is 0.176. The van der Waals surface area contributed by atoms with Crippen LogP contribution in [0.5, 0.6) is 11.5 Å².